The number of esters is 1. The summed E-state index contributed by atoms with van der Waals surface area (Å²) in [6.07, 6.45) is 2.00. The first-order chi connectivity index (χ1) is 13.6. The van der Waals surface area contributed by atoms with Crippen LogP contribution in [0.25, 0.3) is 10.9 Å². The van der Waals surface area contributed by atoms with Crippen molar-refractivity contribution in [2.75, 3.05) is 19.0 Å². The van der Waals surface area contributed by atoms with Crippen LogP contribution in [0.5, 0.6) is 0 Å². The first-order valence-corrected chi connectivity index (χ1v) is 8.85. The van der Waals surface area contributed by atoms with E-state index < -0.39 is 0 Å². The molecule has 0 unspecified atom stereocenters. The third-order valence-corrected chi connectivity index (χ3v) is 4.27. The van der Waals surface area contributed by atoms with Crippen molar-refractivity contribution in [2.24, 2.45) is 0 Å². The number of para-hydroxylation sites is 1. The van der Waals surface area contributed by atoms with E-state index >= 15 is 0 Å². The zero-order valence-corrected chi connectivity index (χ0v) is 15.5. The Morgan fingerprint density at radius 3 is 2.50 bits per heavy atom. The number of amides is 2. The number of benzene rings is 2. The summed E-state index contributed by atoms with van der Waals surface area (Å²) >= 11 is 0. The number of methoxy groups -OCH3 is 1. The van der Waals surface area contributed by atoms with Crippen LogP contribution < -0.4 is 10.6 Å². The molecule has 0 bridgehead atoms. The van der Waals surface area contributed by atoms with Gasteiger partial charge in [0.15, 0.2) is 0 Å². The monoisotopic (exact) mass is 379 g/mol. The van der Waals surface area contributed by atoms with Crippen LogP contribution in [0.2, 0.25) is 0 Å². The Labute approximate surface area is 162 Å². The third kappa shape index (κ3) is 4.76. The van der Waals surface area contributed by atoms with E-state index in [0.717, 1.165) is 10.9 Å². The van der Waals surface area contributed by atoms with Crippen LogP contribution in [0.3, 0.4) is 0 Å². The lowest BCUT2D eigenvalue weighted by atomic mass is 10.2. The number of hydrogen-bond donors (Lipinski definition) is 2. The van der Waals surface area contributed by atoms with Gasteiger partial charge in [0.05, 0.1) is 13.5 Å². The molecule has 7 nitrogen and oxygen atoms in total. The van der Waals surface area contributed by atoms with E-state index in [2.05, 4.69) is 15.4 Å². The summed E-state index contributed by atoms with van der Waals surface area (Å²) in [5.41, 5.74) is 2.04. The molecule has 2 N–H and O–H groups in total. The Bertz CT molecular complexity index is 992. The van der Waals surface area contributed by atoms with Gasteiger partial charge in [-0.2, -0.15) is 0 Å². The SMILES string of the molecule is COC(=O)CCNC(=O)c1ccc(NC(=O)Cn2ccc3ccccc32)cc1. The van der Waals surface area contributed by atoms with E-state index in [0.29, 0.717) is 11.3 Å². The average molecular weight is 379 g/mol. The van der Waals surface area contributed by atoms with Gasteiger partial charge in [0.1, 0.15) is 6.54 Å². The normalized spacial score (nSPS) is 10.5. The van der Waals surface area contributed by atoms with Crippen LogP contribution in [-0.2, 0) is 20.9 Å². The number of carbonyl (C=O) groups excluding carboxylic acids is 3. The van der Waals surface area contributed by atoms with Gasteiger partial charge in [-0.15, -0.1) is 0 Å². The van der Waals surface area contributed by atoms with Gasteiger partial charge in [-0.25, -0.2) is 0 Å². The first-order valence-electron chi connectivity index (χ1n) is 8.85. The number of fused-ring (bicyclic) bond motifs is 1. The van der Waals surface area contributed by atoms with Crippen molar-refractivity contribution in [1.29, 1.82) is 0 Å². The van der Waals surface area contributed by atoms with Crippen LogP contribution in [0.15, 0.2) is 60.8 Å². The molecule has 1 aromatic heterocycles. The molecule has 144 valence electrons. The highest BCUT2D eigenvalue weighted by Gasteiger charge is 2.09. The zero-order chi connectivity index (χ0) is 19.9. The smallest absolute Gasteiger partial charge is 0.307 e. The standard InChI is InChI=1S/C21H21N3O4/c1-28-20(26)10-12-22-21(27)16-6-8-17(9-7-16)23-19(25)14-24-13-11-15-4-2-3-5-18(15)24/h2-9,11,13H,10,12,14H2,1H3,(H,22,27)(H,23,25). The molecule has 0 fully saturated rings. The number of anilines is 1. The van der Waals surface area contributed by atoms with E-state index in [1.54, 1.807) is 24.3 Å². The maximum absolute atomic E-state index is 12.3. The first kappa shape index (κ1) is 19.2. The van der Waals surface area contributed by atoms with Crippen LogP contribution in [0, 0.1) is 0 Å². The van der Waals surface area contributed by atoms with E-state index in [4.69, 9.17) is 0 Å². The molecule has 0 aliphatic carbocycles. The Kier molecular flexibility index (Phi) is 6.06. The summed E-state index contributed by atoms with van der Waals surface area (Å²) in [5, 5.41) is 6.55. The molecule has 7 heteroatoms. The Morgan fingerprint density at radius 2 is 1.75 bits per heavy atom. The number of nitrogens with one attached hydrogen (secondary N) is 2. The van der Waals surface area contributed by atoms with Gasteiger partial charge in [-0.3, -0.25) is 14.4 Å². The molecule has 0 atom stereocenters. The third-order valence-electron chi connectivity index (χ3n) is 4.27. The number of ether oxygens (including phenoxy) is 1. The fourth-order valence-electron chi connectivity index (χ4n) is 2.82. The number of nitrogens with zero attached hydrogens (tertiary/aromatic N) is 1. The van der Waals surface area contributed by atoms with Crippen molar-refractivity contribution < 1.29 is 19.1 Å². The van der Waals surface area contributed by atoms with Crippen LogP contribution in [0.1, 0.15) is 16.8 Å². The van der Waals surface area contributed by atoms with E-state index in [9.17, 15) is 14.4 Å². The van der Waals surface area contributed by atoms with Gasteiger partial charge in [-0.05, 0) is 41.8 Å². The summed E-state index contributed by atoms with van der Waals surface area (Å²) in [6.45, 7) is 0.401. The molecular weight excluding hydrogens is 358 g/mol. The maximum Gasteiger partial charge on any atom is 0.307 e. The van der Waals surface area contributed by atoms with Gasteiger partial charge in [-0.1, -0.05) is 18.2 Å². The average Bonchev–Trinajstić information content (AvgIpc) is 3.11. The molecule has 0 saturated heterocycles. The number of hydrogen-bond acceptors (Lipinski definition) is 4. The molecule has 3 rings (SSSR count). The molecule has 2 amide bonds. The second kappa shape index (κ2) is 8.85. The molecule has 0 aliphatic rings. The van der Waals surface area contributed by atoms with Crippen molar-refractivity contribution in [2.45, 2.75) is 13.0 Å². The zero-order valence-electron chi connectivity index (χ0n) is 15.5. The fraction of sp³-hybridized carbons (Fsp3) is 0.190. The molecule has 0 saturated carbocycles. The molecule has 0 spiro atoms. The maximum atomic E-state index is 12.3. The minimum Gasteiger partial charge on any atom is -0.469 e. The fourth-order valence-corrected chi connectivity index (χ4v) is 2.82. The molecule has 3 aromatic rings. The molecule has 0 aliphatic heterocycles. The van der Waals surface area contributed by atoms with E-state index in [1.807, 2.05) is 41.1 Å². The summed E-state index contributed by atoms with van der Waals surface area (Å²) in [5.74, 6) is -0.828. The second-order valence-corrected chi connectivity index (χ2v) is 6.21. The van der Waals surface area contributed by atoms with Crippen LogP contribution in [0.4, 0.5) is 5.69 Å². The van der Waals surface area contributed by atoms with Crippen molar-refractivity contribution in [3.05, 3.63) is 66.4 Å². The molecule has 28 heavy (non-hydrogen) atoms. The Hall–Kier alpha value is -3.61. The minimum atomic E-state index is -0.381. The highest BCUT2D eigenvalue weighted by atomic mass is 16.5. The summed E-state index contributed by atoms with van der Waals surface area (Å²) in [6, 6.07) is 16.4. The Morgan fingerprint density at radius 1 is 1.00 bits per heavy atom. The van der Waals surface area contributed by atoms with Gasteiger partial charge in [0.2, 0.25) is 5.91 Å². The highest BCUT2D eigenvalue weighted by Crippen LogP contribution is 2.15. The van der Waals surface area contributed by atoms with Gasteiger partial charge >= 0.3 is 5.97 Å². The van der Waals surface area contributed by atoms with Gasteiger partial charge in [0.25, 0.3) is 5.91 Å². The van der Waals surface area contributed by atoms with E-state index in [-0.39, 0.29) is 37.3 Å². The van der Waals surface area contributed by atoms with Crippen molar-refractivity contribution in [1.82, 2.24) is 9.88 Å². The summed E-state index contributed by atoms with van der Waals surface area (Å²) < 4.78 is 6.40. The van der Waals surface area contributed by atoms with Crippen molar-refractivity contribution >= 4 is 34.4 Å². The highest BCUT2D eigenvalue weighted by molar-refractivity contribution is 5.96. The largest absolute Gasteiger partial charge is 0.469 e. The molecule has 1 heterocycles. The number of carbonyl (C=O) groups is 3. The van der Waals surface area contributed by atoms with Crippen molar-refractivity contribution in [3.63, 3.8) is 0 Å². The molecule has 0 radical (unpaired) electrons. The predicted octanol–water partition coefficient (Wildman–Crippen LogP) is 2.57. The lowest BCUT2D eigenvalue weighted by Gasteiger charge is -2.09. The lowest BCUT2D eigenvalue weighted by molar-refractivity contribution is -0.140. The quantitative estimate of drug-likeness (QED) is 0.618. The van der Waals surface area contributed by atoms with Crippen LogP contribution >= 0.6 is 0 Å². The van der Waals surface area contributed by atoms with Gasteiger partial charge < -0.3 is 19.9 Å². The molecular formula is C21H21N3O4. The molecule has 2 aromatic carbocycles. The second-order valence-electron chi connectivity index (χ2n) is 6.21. The predicted molar refractivity (Wildman–Crippen MR) is 106 cm³/mol. The Balaban J connectivity index is 1.54. The number of aromatic nitrogens is 1. The van der Waals surface area contributed by atoms with Gasteiger partial charge in [0, 0.05) is 29.5 Å². The van der Waals surface area contributed by atoms with Crippen molar-refractivity contribution in [3.8, 4) is 0 Å². The lowest BCUT2D eigenvalue weighted by Crippen LogP contribution is -2.26. The van der Waals surface area contributed by atoms with E-state index in [1.165, 1.54) is 7.11 Å². The summed E-state index contributed by atoms with van der Waals surface area (Å²) in [7, 11) is 1.30. The number of rotatable bonds is 7. The topological polar surface area (TPSA) is 89.4 Å². The summed E-state index contributed by atoms with van der Waals surface area (Å²) in [4.78, 5) is 35.4. The minimum absolute atomic E-state index is 0.116. The van der Waals surface area contributed by atoms with Crippen LogP contribution in [-0.4, -0.2) is 36.0 Å².